The van der Waals surface area contributed by atoms with Crippen LogP contribution in [-0.2, 0) is 4.74 Å². The van der Waals surface area contributed by atoms with Crippen molar-refractivity contribution in [3.8, 4) is 0 Å². The van der Waals surface area contributed by atoms with Crippen LogP contribution in [0.5, 0.6) is 0 Å². The van der Waals surface area contributed by atoms with E-state index >= 15 is 4.39 Å². The Morgan fingerprint density at radius 3 is 2.60 bits per heavy atom. The standard InChI is InChI=1S/C23H18BrClF2N2O/c24-14-9-21-22(28-12-14)16-10-19(27)17(25)11-20(16)29(21)23(13-5-7-30-8-6-13)15-3-1-2-4-18(15)26/h1-4,9-13,23H,5-8H2. The predicted octanol–water partition coefficient (Wildman–Crippen LogP) is 6.90. The van der Waals surface area contributed by atoms with Gasteiger partial charge in [0.25, 0.3) is 0 Å². The second-order valence-electron chi connectivity index (χ2n) is 7.59. The number of hydrogen-bond donors (Lipinski definition) is 0. The number of hydrogen-bond acceptors (Lipinski definition) is 2. The first kappa shape index (κ1) is 19.9. The molecule has 3 heterocycles. The van der Waals surface area contributed by atoms with Gasteiger partial charge in [-0.3, -0.25) is 4.98 Å². The summed E-state index contributed by atoms with van der Waals surface area (Å²) in [5.41, 5.74) is 2.81. The molecule has 5 rings (SSSR count). The highest BCUT2D eigenvalue weighted by molar-refractivity contribution is 9.10. The molecule has 0 aliphatic carbocycles. The lowest BCUT2D eigenvalue weighted by atomic mass is 9.86. The number of benzene rings is 2. The van der Waals surface area contributed by atoms with Gasteiger partial charge in [-0.05, 0) is 59.0 Å². The van der Waals surface area contributed by atoms with E-state index in [1.807, 2.05) is 18.2 Å². The fourth-order valence-electron chi connectivity index (χ4n) is 4.52. The van der Waals surface area contributed by atoms with E-state index in [4.69, 9.17) is 16.3 Å². The molecule has 7 heteroatoms. The van der Waals surface area contributed by atoms with Gasteiger partial charge in [0.05, 0.1) is 27.6 Å². The topological polar surface area (TPSA) is 27.1 Å². The van der Waals surface area contributed by atoms with Crippen molar-refractivity contribution in [1.82, 2.24) is 9.55 Å². The van der Waals surface area contributed by atoms with Gasteiger partial charge in [0.15, 0.2) is 0 Å². The average Bonchev–Trinajstić information content (AvgIpc) is 3.03. The summed E-state index contributed by atoms with van der Waals surface area (Å²) in [4.78, 5) is 4.55. The number of fused-ring (bicyclic) bond motifs is 3. The number of ether oxygens (including phenoxy) is 1. The maximum absolute atomic E-state index is 15.1. The molecule has 154 valence electrons. The summed E-state index contributed by atoms with van der Waals surface area (Å²) in [6, 6.07) is 11.5. The van der Waals surface area contributed by atoms with E-state index in [2.05, 4.69) is 25.5 Å². The number of halogens is 4. The Bertz CT molecular complexity index is 1250. The van der Waals surface area contributed by atoms with Crippen molar-refractivity contribution < 1.29 is 13.5 Å². The van der Waals surface area contributed by atoms with Crippen LogP contribution in [-0.4, -0.2) is 22.8 Å². The molecule has 1 aliphatic heterocycles. The molecule has 30 heavy (non-hydrogen) atoms. The van der Waals surface area contributed by atoms with Gasteiger partial charge < -0.3 is 9.30 Å². The summed E-state index contributed by atoms with van der Waals surface area (Å²) in [6.45, 7) is 1.26. The lowest BCUT2D eigenvalue weighted by Gasteiger charge is -2.33. The molecular weight excluding hydrogens is 474 g/mol. The molecule has 2 aromatic carbocycles. The summed E-state index contributed by atoms with van der Waals surface area (Å²) in [5.74, 6) is -0.612. The third-order valence-corrected chi connectivity index (χ3v) is 6.58. The fraction of sp³-hybridized carbons (Fsp3) is 0.261. The maximum Gasteiger partial charge on any atom is 0.142 e. The number of rotatable bonds is 3. The van der Waals surface area contributed by atoms with Gasteiger partial charge in [-0.25, -0.2) is 8.78 Å². The van der Waals surface area contributed by atoms with Crippen molar-refractivity contribution in [1.29, 1.82) is 0 Å². The molecule has 1 aliphatic rings. The van der Waals surface area contributed by atoms with Gasteiger partial charge in [0.1, 0.15) is 11.6 Å². The molecule has 0 radical (unpaired) electrons. The summed E-state index contributed by atoms with van der Waals surface area (Å²) in [7, 11) is 0. The van der Waals surface area contributed by atoms with E-state index in [0.717, 1.165) is 28.3 Å². The SMILES string of the molecule is Fc1cc2c3ncc(Br)cc3n(C(c3ccccc3F)C3CCOCC3)c2cc1Cl. The van der Waals surface area contributed by atoms with Gasteiger partial charge >= 0.3 is 0 Å². The summed E-state index contributed by atoms with van der Waals surface area (Å²) < 4.78 is 37.8. The van der Waals surface area contributed by atoms with Crippen LogP contribution < -0.4 is 0 Å². The van der Waals surface area contributed by atoms with Crippen LogP contribution in [0, 0.1) is 17.6 Å². The highest BCUT2D eigenvalue weighted by Gasteiger charge is 2.32. The van der Waals surface area contributed by atoms with Gasteiger partial charge in [-0.1, -0.05) is 29.8 Å². The van der Waals surface area contributed by atoms with Crippen LogP contribution >= 0.6 is 27.5 Å². The van der Waals surface area contributed by atoms with Crippen LogP contribution in [0.3, 0.4) is 0 Å². The first-order valence-corrected chi connectivity index (χ1v) is 11.0. The lowest BCUT2D eigenvalue weighted by molar-refractivity contribution is 0.0548. The Morgan fingerprint density at radius 1 is 1.07 bits per heavy atom. The number of pyridine rings is 1. The van der Waals surface area contributed by atoms with Crippen molar-refractivity contribution in [2.75, 3.05) is 13.2 Å². The summed E-state index contributed by atoms with van der Waals surface area (Å²) in [6.07, 6.45) is 3.29. The van der Waals surface area contributed by atoms with Crippen LogP contribution in [0.1, 0.15) is 24.4 Å². The van der Waals surface area contributed by atoms with Gasteiger partial charge in [0.2, 0.25) is 0 Å². The third kappa shape index (κ3) is 3.31. The zero-order valence-electron chi connectivity index (χ0n) is 15.9. The van der Waals surface area contributed by atoms with Crippen molar-refractivity contribution in [2.45, 2.75) is 18.9 Å². The molecule has 1 atom stereocenters. The predicted molar refractivity (Wildman–Crippen MR) is 118 cm³/mol. The Kier molecular flexibility index (Phi) is 5.25. The van der Waals surface area contributed by atoms with Gasteiger partial charge in [0, 0.05) is 34.8 Å². The molecule has 2 aromatic heterocycles. The monoisotopic (exact) mass is 490 g/mol. The highest BCUT2D eigenvalue weighted by Crippen LogP contribution is 2.42. The molecular formula is C23H18BrClF2N2O. The Morgan fingerprint density at radius 2 is 1.83 bits per heavy atom. The highest BCUT2D eigenvalue weighted by atomic mass is 79.9. The molecule has 0 amide bonds. The van der Waals surface area contributed by atoms with Crippen LogP contribution in [0.15, 0.2) is 53.1 Å². The zero-order valence-corrected chi connectivity index (χ0v) is 18.3. The third-order valence-electron chi connectivity index (χ3n) is 5.86. The molecule has 1 unspecified atom stereocenters. The Balaban J connectivity index is 1.87. The summed E-state index contributed by atoms with van der Waals surface area (Å²) in [5, 5.41) is 0.692. The fourth-order valence-corrected chi connectivity index (χ4v) is 5.00. The maximum atomic E-state index is 15.1. The smallest absolute Gasteiger partial charge is 0.142 e. The molecule has 1 saturated heterocycles. The molecule has 3 nitrogen and oxygen atoms in total. The number of aromatic nitrogens is 2. The average molecular weight is 492 g/mol. The Hall–Kier alpha value is -2.02. The molecule has 0 N–H and O–H groups in total. The minimum absolute atomic E-state index is 0.0323. The molecule has 4 aromatic rings. The largest absolute Gasteiger partial charge is 0.381 e. The zero-order chi connectivity index (χ0) is 20.8. The van der Waals surface area contributed by atoms with Crippen molar-refractivity contribution in [3.63, 3.8) is 0 Å². The molecule has 0 spiro atoms. The Labute approximate surface area is 185 Å². The van der Waals surface area contributed by atoms with E-state index in [1.54, 1.807) is 18.3 Å². The minimum Gasteiger partial charge on any atom is -0.381 e. The minimum atomic E-state index is -0.499. The summed E-state index contributed by atoms with van der Waals surface area (Å²) >= 11 is 9.67. The molecule has 0 bridgehead atoms. The van der Waals surface area contributed by atoms with Gasteiger partial charge in [-0.2, -0.15) is 0 Å². The number of nitrogens with zero attached hydrogens (tertiary/aromatic N) is 2. The second-order valence-corrected chi connectivity index (χ2v) is 8.91. The molecule has 0 saturated carbocycles. The van der Waals surface area contributed by atoms with Crippen molar-refractivity contribution in [3.05, 3.63) is 75.4 Å². The van der Waals surface area contributed by atoms with Crippen LogP contribution in [0.4, 0.5) is 8.78 Å². The van der Waals surface area contributed by atoms with Crippen molar-refractivity contribution in [2.24, 2.45) is 5.92 Å². The first-order chi connectivity index (χ1) is 14.5. The van der Waals surface area contributed by atoms with E-state index in [0.29, 0.717) is 29.7 Å². The normalized spacial score (nSPS) is 16.4. The van der Waals surface area contributed by atoms with E-state index in [-0.39, 0.29) is 22.8 Å². The molecule has 1 fully saturated rings. The first-order valence-electron chi connectivity index (χ1n) is 9.81. The van der Waals surface area contributed by atoms with E-state index < -0.39 is 5.82 Å². The second kappa shape index (κ2) is 7.91. The van der Waals surface area contributed by atoms with E-state index in [1.165, 1.54) is 12.1 Å². The van der Waals surface area contributed by atoms with Gasteiger partial charge in [-0.15, -0.1) is 0 Å². The van der Waals surface area contributed by atoms with E-state index in [9.17, 15) is 4.39 Å². The van der Waals surface area contributed by atoms with Crippen molar-refractivity contribution >= 4 is 49.5 Å². The lowest BCUT2D eigenvalue weighted by Crippen LogP contribution is -2.27. The van der Waals surface area contributed by atoms with Crippen LogP contribution in [0.2, 0.25) is 5.02 Å². The quantitative estimate of drug-likeness (QED) is 0.312. The van der Waals surface area contributed by atoms with Crippen LogP contribution in [0.25, 0.3) is 21.9 Å².